The Hall–Kier alpha value is -2.43. The van der Waals surface area contributed by atoms with E-state index < -0.39 is 5.91 Å². The normalized spacial score (nSPS) is 13.7. The number of carbonyl (C=O) groups excluding carboxylic acids is 1. The van der Waals surface area contributed by atoms with Crippen molar-refractivity contribution in [1.29, 1.82) is 0 Å². The fourth-order valence-corrected chi connectivity index (χ4v) is 2.84. The summed E-state index contributed by atoms with van der Waals surface area (Å²) in [5.41, 5.74) is 1.70. The van der Waals surface area contributed by atoms with E-state index in [0.29, 0.717) is 18.2 Å². The SMILES string of the molecule is CC(C)c1cccc(NC(=O)c2cnc3n(c2=O)CCCC3)c1. The van der Waals surface area contributed by atoms with Crippen molar-refractivity contribution in [2.24, 2.45) is 0 Å². The summed E-state index contributed by atoms with van der Waals surface area (Å²) in [7, 11) is 0. The van der Waals surface area contributed by atoms with Gasteiger partial charge in [0.25, 0.3) is 11.5 Å². The number of hydrogen-bond donors (Lipinski definition) is 1. The smallest absolute Gasteiger partial charge is 0.266 e. The van der Waals surface area contributed by atoms with Gasteiger partial charge in [0.05, 0.1) is 0 Å². The Kier molecular flexibility index (Phi) is 4.28. The van der Waals surface area contributed by atoms with Crippen molar-refractivity contribution in [3.05, 3.63) is 57.8 Å². The van der Waals surface area contributed by atoms with Crippen LogP contribution in [0.4, 0.5) is 5.69 Å². The third kappa shape index (κ3) is 3.18. The van der Waals surface area contributed by atoms with Gasteiger partial charge in [0, 0.05) is 24.8 Å². The van der Waals surface area contributed by atoms with Gasteiger partial charge in [-0.25, -0.2) is 4.98 Å². The number of aryl methyl sites for hydroxylation is 1. The molecule has 0 saturated heterocycles. The molecule has 0 saturated carbocycles. The maximum absolute atomic E-state index is 12.5. The predicted molar refractivity (Wildman–Crippen MR) is 89.9 cm³/mol. The van der Waals surface area contributed by atoms with Crippen LogP contribution in [-0.2, 0) is 13.0 Å². The second-order valence-corrected chi connectivity index (χ2v) is 6.24. The number of nitrogens with one attached hydrogen (secondary N) is 1. The van der Waals surface area contributed by atoms with Gasteiger partial charge in [0.1, 0.15) is 11.4 Å². The molecule has 0 unspecified atom stereocenters. The van der Waals surface area contributed by atoms with Gasteiger partial charge in [0.15, 0.2) is 0 Å². The number of carbonyl (C=O) groups is 1. The summed E-state index contributed by atoms with van der Waals surface area (Å²) in [6.45, 7) is 4.84. The van der Waals surface area contributed by atoms with Gasteiger partial charge >= 0.3 is 0 Å². The monoisotopic (exact) mass is 311 g/mol. The molecule has 0 radical (unpaired) electrons. The molecule has 23 heavy (non-hydrogen) atoms. The fourth-order valence-electron chi connectivity index (χ4n) is 2.84. The number of rotatable bonds is 3. The quantitative estimate of drug-likeness (QED) is 0.948. The van der Waals surface area contributed by atoms with Crippen molar-refractivity contribution in [3.63, 3.8) is 0 Å². The molecule has 1 aliphatic rings. The zero-order valence-electron chi connectivity index (χ0n) is 13.5. The molecule has 0 atom stereocenters. The summed E-state index contributed by atoms with van der Waals surface area (Å²) in [6, 6.07) is 7.69. The number of nitrogens with zero attached hydrogens (tertiary/aromatic N) is 2. The van der Waals surface area contributed by atoms with Crippen LogP contribution >= 0.6 is 0 Å². The Morgan fingerprint density at radius 3 is 2.91 bits per heavy atom. The molecule has 1 aromatic carbocycles. The largest absolute Gasteiger partial charge is 0.322 e. The van der Waals surface area contributed by atoms with Crippen molar-refractivity contribution in [1.82, 2.24) is 9.55 Å². The van der Waals surface area contributed by atoms with Crippen LogP contribution in [0, 0.1) is 0 Å². The van der Waals surface area contributed by atoms with E-state index in [1.807, 2.05) is 24.3 Å². The second kappa shape index (κ2) is 6.36. The number of hydrogen-bond acceptors (Lipinski definition) is 3. The topological polar surface area (TPSA) is 64.0 Å². The van der Waals surface area contributed by atoms with E-state index in [1.54, 1.807) is 4.57 Å². The minimum absolute atomic E-state index is 0.102. The number of fused-ring (bicyclic) bond motifs is 1. The summed E-state index contributed by atoms with van der Waals surface area (Å²) < 4.78 is 1.63. The number of amides is 1. The lowest BCUT2D eigenvalue weighted by atomic mass is 10.0. The summed E-state index contributed by atoms with van der Waals surface area (Å²) in [5.74, 6) is 0.756. The first-order valence-electron chi connectivity index (χ1n) is 8.06. The standard InChI is InChI=1S/C18H21N3O2/c1-12(2)13-6-5-7-14(10-13)20-17(22)15-11-19-16-8-3-4-9-21(16)18(15)23/h5-7,10-12H,3-4,8-9H2,1-2H3,(H,20,22). The number of anilines is 1. The van der Waals surface area contributed by atoms with Gasteiger partial charge in [-0.3, -0.25) is 14.2 Å². The average Bonchev–Trinajstić information content (AvgIpc) is 2.55. The molecule has 3 rings (SSSR count). The molecule has 1 amide bonds. The zero-order valence-corrected chi connectivity index (χ0v) is 13.5. The second-order valence-electron chi connectivity index (χ2n) is 6.24. The fraction of sp³-hybridized carbons (Fsp3) is 0.389. The van der Waals surface area contributed by atoms with Crippen molar-refractivity contribution >= 4 is 11.6 Å². The molecule has 5 nitrogen and oxygen atoms in total. The highest BCUT2D eigenvalue weighted by Crippen LogP contribution is 2.19. The van der Waals surface area contributed by atoms with Crippen LogP contribution in [0.15, 0.2) is 35.3 Å². The molecule has 1 aromatic heterocycles. The Morgan fingerprint density at radius 2 is 2.13 bits per heavy atom. The van der Waals surface area contributed by atoms with E-state index in [-0.39, 0.29) is 11.1 Å². The molecule has 0 bridgehead atoms. The lowest BCUT2D eigenvalue weighted by Crippen LogP contribution is -2.33. The minimum atomic E-state index is -0.399. The van der Waals surface area contributed by atoms with Crippen molar-refractivity contribution in [2.45, 2.75) is 45.6 Å². The molecule has 0 aliphatic carbocycles. The van der Waals surface area contributed by atoms with Gasteiger partial charge in [-0.05, 0) is 36.5 Å². The predicted octanol–water partition coefficient (Wildman–Crippen LogP) is 2.96. The molecular formula is C18H21N3O2. The third-order valence-corrected chi connectivity index (χ3v) is 4.22. The summed E-state index contributed by atoms with van der Waals surface area (Å²) in [4.78, 5) is 29.2. The van der Waals surface area contributed by atoms with E-state index >= 15 is 0 Å². The lowest BCUT2D eigenvalue weighted by Gasteiger charge is -2.17. The first kappa shape index (κ1) is 15.5. The van der Waals surface area contributed by atoms with Gasteiger partial charge in [-0.2, -0.15) is 0 Å². The summed E-state index contributed by atoms with van der Waals surface area (Å²) >= 11 is 0. The summed E-state index contributed by atoms with van der Waals surface area (Å²) in [6.07, 6.45) is 4.20. The molecule has 1 aliphatic heterocycles. The van der Waals surface area contributed by atoms with Crippen molar-refractivity contribution in [3.8, 4) is 0 Å². The highest BCUT2D eigenvalue weighted by molar-refractivity contribution is 6.03. The first-order valence-corrected chi connectivity index (χ1v) is 8.06. The molecular weight excluding hydrogens is 290 g/mol. The van der Waals surface area contributed by atoms with Crippen LogP contribution in [0.2, 0.25) is 0 Å². The maximum Gasteiger partial charge on any atom is 0.266 e. The van der Waals surface area contributed by atoms with Crippen LogP contribution in [0.1, 0.15) is 54.4 Å². The molecule has 0 spiro atoms. The Bertz CT molecular complexity index is 793. The average molecular weight is 311 g/mol. The van der Waals surface area contributed by atoms with E-state index in [4.69, 9.17) is 0 Å². The van der Waals surface area contributed by atoms with Gasteiger partial charge < -0.3 is 5.32 Å². The van der Waals surface area contributed by atoms with Crippen LogP contribution in [0.25, 0.3) is 0 Å². The lowest BCUT2D eigenvalue weighted by molar-refractivity contribution is 0.102. The summed E-state index contributed by atoms with van der Waals surface area (Å²) in [5, 5.41) is 2.81. The molecule has 1 N–H and O–H groups in total. The first-order chi connectivity index (χ1) is 11.1. The molecule has 2 aromatic rings. The van der Waals surface area contributed by atoms with E-state index in [1.165, 1.54) is 6.20 Å². The van der Waals surface area contributed by atoms with E-state index in [0.717, 1.165) is 30.7 Å². The van der Waals surface area contributed by atoms with Crippen LogP contribution < -0.4 is 10.9 Å². The molecule has 5 heteroatoms. The van der Waals surface area contributed by atoms with Gasteiger partial charge in [-0.1, -0.05) is 26.0 Å². The Morgan fingerprint density at radius 1 is 1.30 bits per heavy atom. The van der Waals surface area contributed by atoms with E-state index in [2.05, 4.69) is 24.1 Å². The highest BCUT2D eigenvalue weighted by atomic mass is 16.2. The van der Waals surface area contributed by atoms with Crippen LogP contribution in [-0.4, -0.2) is 15.5 Å². The van der Waals surface area contributed by atoms with Crippen molar-refractivity contribution < 1.29 is 4.79 Å². The third-order valence-electron chi connectivity index (χ3n) is 4.22. The Balaban J connectivity index is 1.87. The van der Waals surface area contributed by atoms with Crippen LogP contribution in [0.5, 0.6) is 0 Å². The highest BCUT2D eigenvalue weighted by Gasteiger charge is 2.18. The van der Waals surface area contributed by atoms with Crippen molar-refractivity contribution in [2.75, 3.05) is 5.32 Å². The van der Waals surface area contributed by atoms with Gasteiger partial charge in [0.2, 0.25) is 0 Å². The van der Waals surface area contributed by atoms with E-state index in [9.17, 15) is 9.59 Å². The Labute approximate surface area is 135 Å². The molecule has 2 heterocycles. The minimum Gasteiger partial charge on any atom is -0.322 e. The zero-order chi connectivity index (χ0) is 16.4. The number of benzene rings is 1. The molecule has 0 fully saturated rings. The van der Waals surface area contributed by atoms with Gasteiger partial charge in [-0.15, -0.1) is 0 Å². The van der Waals surface area contributed by atoms with Crippen LogP contribution in [0.3, 0.4) is 0 Å². The molecule has 120 valence electrons. The maximum atomic E-state index is 12.5. The number of aromatic nitrogens is 2.